The number of nitrogens with one attached hydrogen (secondary N) is 1. The van der Waals surface area contributed by atoms with Gasteiger partial charge >= 0.3 is 0 Å². The lowest BCUT2D eigenvalue weighted by atomic mass is 9.63. The van der Waals surface area contributed by atoms with Gasteiger partial charge in [0.2, 0.25) is 10.0 Å². The van der Waals surface area contributed by atoms with Crippen LogP contribution in [0.3, 0.4) is 0 Å². The number of aromatic nitrogens is 3. The minimum atomic E-state index is -3.77. The first kappa shape index (κ1) is 27.8. The maximum Gasteiger partial charge on any atom is 0.264 e. The van der Waals surface area contributed by atoms with Gasteiger partial charge in [0.15, 0.2) is 10.9 Å². The van der Waals surface area contributed by atoms with Crippen LogP contribution in [0.2, 0.25) is 10.0 Å². The fourth-order valence-corrected chi connectivity index (χ4v) is 7.93. The average Bonchev–Trinajstić information content (AvgIpc) is 3.51. The Kier molecular flexibility index (Phi) is 6.61. The summed E-state index contributed by atoms with van der Waals surface area (Å²) >= 11 is 14.3. The van der Waals surface area contributed by atoms with Crippen LogP contribution < -0.4 is 9.62 Å². The molecule has 0 atom stereocenters. The van der Waals surface area contributed by atoms with E-state index in [1.165, 1.54) is 23.0 Å². The Balaban J connectivity index is 1.11. The lowest BCUT2D eigenvalue weighted by Crippen LogP contribution is -2.42. The number of halogens is 3. The average molecular weight is 649 g/mol. The van der Waals surface area contributed by atoms with Crippen LogP contribution in [0.25, 0.3) is 27.0 Å². The van der Waals surface area contributed by atoms with Crippen molar-refractivity contribution in [3.05, 3.63) is 63.4 Å². The molecule has 0 bridgehead atoms. The number of nitrogens with zero attached hydrogens (tertiary/aromatic N) is 4. The molecule has 1 amide bonds. The van der Waals surface area contributed by atoms with Gasteiger partial charge in [0.05, 0.1) is 21.0 Å². The molecule has 1 N–H and O–H groups in total. The van der Waals surface area contributed by atoms with Gasteiger partial charge in [0.25, 0.3) is 5.91 Å². The lowest BCUT2D eigenvalue weighted by molar-refractivity contribution is 0.0981. The van der Waals surface area contributed by atoms with Crippen molar-refractivity contribution in [2.75, 3.05) is 24.2 Å². The molecule has 14 heteroatoms. The summed E-state index contributed by atoms with van der Waals surface area (Å²) in [5.41, 5.74) is 3.61. The maximum absolute atomic E-state index is 14.8. The second-order valence-corrected chi connectivity index (χ2v) is 14.8. The summed E-state index contributed by atoms with van der Waals surface area (Å²) in [6.07, 6.45) is 11.1. The number of carbonyl (C=O) groups excluding carboxylic acids is 1. The fourth-order valence-electron chi connectivity index (χ4n) is 5.86. The minimum absolute atomic E-state index is 0.0336. The Morgan fingerprint density at radius 2 is 1.86 bits per heavy atom. The third-order valence-corrected chi connectivity index (χ3v) is 10.3. The van der Waals surface area contributed by atoms with Crippen molar-refractivity contribution in [3.63, 3.8) is 0 Å². The number of allylic oxidation sites excluding steroid dienone is 2. The number of anilines is 1. The van der Waals surface area contributed by atoms with E-state index in [2.05, 4.69) is 26.1 Å². The maximum atomic E-state index is 14.8. The normalized spacial score (nSPS) is 18.3. The largest absolute Gasteiger partial charge is 0.360 e. The number of pyridine rings is 1. The highest BCUT2D eigenvalue weighted by atomic mass is 35.5. The molecule has 4 aromatic rings. The van der Waals surface area contributed by atoms with E-state index in [1.54, 1.807) is 12.4 Å². The number of thiazole rings is 1. The summed E-state index contributed by atoms with van der Waals surface area (Å²) in [6.45, 7) is 1.47. The molecule has 1 aliphatic heterocycles. The van der Waals surface area contributed by atoms with Crippen LogP contribution in [0, 0.1) is 11.2 Å². The van der Waals surface area contributed by atoms with Crippen molar-refractivity contribution >= 4 is 71.4 Å². The second-order valence-electron chi connectivity index (χ2n) is 11.2. The van der Waals surface area contributed by atoms with Crippen molar-refractivity contribution in [2.24, 2.45) is 5.41 Å². The van der Waals surface area contributed by atoms with Gasteiger partial charge in [-0.1, -0.05) is 45.8 Å². The summed E-state index contributed by atoms with van der Waals surface area (Å²) < 4.78 is 45.9. The van der Waals surface area contributed by atoms with Gasteiger partial charge in [-0.15, -0.1) is 0 Å². The highest BCUT2D eigenvalue weighted by Gasteiger charge is 2.44. The summed E-state index contributed by atoms with van der Waals surface area (Å²) in [5.74, 6) is -0.292. The fraction of sp³-hybridized carbons (Fsp3) is 0.357. The summed E-state index contributed by atoms with van der Waals surface area (Å²) in [7, 11) is -3.77. The molecule has 0 radical (unpaired) electrons. The molecule has 42 heavy (non-hydrogen) atoms. The Labute approximate surface area is 254 Å². The van der Waals surface area contributed by atoms with Crippen molar-refractivity contribution in [1.82, 2.24) is 19.8 Å². The zero-order chi connectivity index (χ0) is 29.4. The van der Waals surface area contributed by atoms with E-state index in [1.807, 2.05) is 4.72 Å². The van der Waals surface area contributed by atoms with Crippen molar-refractivity contribution in [1.29, 1.82) is 0 Å². The Morgan fingerprint density at radius 1 is 1.17 bits per heavy atom. The van der Waals surface area contributed by atoms with Crippen LogP contribution in [0.5, 0.6) is 0 Å². The first-order valence-corrected chi connectivity index (χ1v) is 16.8. The minimum Gasteiger partial charge on any atom is -0.360 e. The molecule has 3 aromatic heterocycles. The zero-order valence-corrected chi connectivity index (χ0v) is 25.4. The van der Waals surface area contributed by atoms with E-state index in [-0.39, 0.29) is 16.5 Å². The van der Waals surface area contributed by atoms with Crippen molar-refractivity contribution in [2.45, 2.75) is 38.0 Å². The molecule has 9 nitrogen and oxygen atoms in total. The van der Waals surface area contributed by atoms with Crippen molar-refractivity contribution in [3.8, 4) is 11.3 Å². The summed E-state index contributed by atoms with van der Waals surface area (Å²) in [6, 6.07) is 2.49. The van der Waals surface area contributed by atoms with Crippen LogP contribution in [0.1, 0.15) is 59.7 Å². The molecule has 4 heterocycles. The Hall–Kier alpha value is -3.06. The summed E-state index contributed by atoms with van der Waals surface area (Å²) in [5, 5.41) is 5.93. The molecule has 0 unspecified atom stereocenters. The molecule has 2 aliphatic carbocycles. The van der Waals surface area contributed by atoms with Crippen LogP contribution in [-0.4, -0.2) is 48.8 Å². The van der Waals surface area contributed by atoms with E-state index in [9.17, 15) is 17.6 Å². The van der Waals surface area contributed by atoms with Crippen LogP contribution in [0.4, 0.5) is 9.52 Å². The van der Waals surface area contributed by atoms with Gasteiger partial charge in [-0.3, -0.25) is 9.78 Å². The molecular weight excluding hydrogens is 624 g/mol. The first-order valence-electron chi connectivity index (χ1n) is 13.4. The second kappa shape index (κ2) is 10.0. The molecule has 7 rings (SSSR count). The van der Waals surface area contributed by atoms with E-state index in [0.717, 1.165) is 68.8 Å². The number of amides is 1. The molecule has 1 spiro atoms. The number of rotatable bonds is 6. The Morgan fingerprint density at radius 3 is 2.50 bits per heavy atom. The standard InChI is InChI=1S/C28H24Cl2FN5O4S2/c1-42(38,39)35-26(37)15-8-19(31)23-20(9-15)41-27(33-23)36-6-4-28(5-7-36)10-16(11-28)21-24(34-40-25(21)14-2-3-14)22-17(29)12-32-13-18(22)30/h8-10,12-14H,2-7,11H2,1H3,(H,35,37). The van der Waals surface area contributed by atoms with Gasteiger partial charge in [-0.2, -0.15) is 0 Å². The smallest absolute Gasteiger partial charge is 0.264 e. The lowest BCUT2D eigenvalue weighted by Gasteiger charge is -2.46. The number of hydrogen-bond acceptors (Lipinski definition) is 9. The van der Waals surface area contributed by atoms with Gasteiger partial charge in [-0.05, 0) is 55.2 Å². The number of carbonyl (C=O) groups is 1. The monoisotopic (exact) mass is 647 g/mol. The third kappa shape index (κ3) is 4.97. The van der Waals surface area contributed by atoms with Gasteiger partial charge in [0.1, 0.15) is 17.0 Å². The molecule has 1 aromatic carbocycles. The molecule has 218 valence electrons. The number of piperidine rings is 1. The first-order chi connectivity index (χ1) is 20.0. The number of hydrogen-bond donors (Lipinski definition) is 1. The zero-order valence-electron chi connectivity index (χ0n) is 22.3. The topological polar surface area (TPSA) is 118 Å². The van der Waals surface area contributed by atoms with E-state index >= 15 is 0 Å². The van der Waals surface area contributed by atoms with E-state index in [0.29, 0.717) is 37.1 Å². The van der Waals surface area contributed by atoms with Crippen LogP contribution in [0.15, 0.2) is 35.1 Å². The number of sulfonamides is 1. The molecular formula is C28H24Cl2FN5O4S2. The van der Waals surface area contributed by atoms with Gasteiger partial charge < -0.3 is 9.42 Å². The van der Waals surface area contributed by atoms with Gasteiger partial charge in [-0.25, -0.2) is 22.5 Å². The number of benzene rings is 1. The highest BCUT2D eigenvalue weighted by Crippen LogP contribution is 2.56. The quantitative estimate of drug-likeness (QED) is 0.254. The predicted octanol–water partition coefficient (Wildman–Crippen LogP) is 6.43. The highest BCUT2D eigenvalue weighted by molar-refractivity contribution is 7.89. The third-order valence-electron chi connectivity index (χ3n) is 8.11. The van der Waals surface area contributed by atoms with E-state index < -0.39 is 21.7 Å². The van der Waals surface area contributed by atoms with Crippen LogP contribution >= 0.6 is 34.5 Å². The van der Waals surface area contributed by atoms with Crippen molar-refractivity contribution < 1.29 is 22.1 Å². The number of fused-ring (bicyclic) bond motifs is 1. The molecule has 1 saturated heterocycles. The van der Waals surface area contributed by atoms with Crippen LogP contribution in [-0.2, 0) is 10.0 Å². The summed E-state index contributed by atoms with van der Waals surface area (Å²) in [4.78, 5) is 23.0. The SMILES string of the molecule is CS(=O)(=O)NC(=O)c1cc(F)c2nc(N3CCC4(C=C(c5c(-c6c(Cl)cncc6Cl)noc5C5CC5)C4)CC3)sc2c1. The molecule has 3 aliphatic rings. The van der Waals surface area contributed by atoms with Gasteiger partial charge in [0, 0.05) is 48.1 Å². The molecule has 2 fully saturated rings. The van der Waals surface area contributed by atoms with E-state index in [4.69, 9.17) is 27.7 Å². The predicted molar refractivity (Wildman–Crippen MR) is 160 cm³/mol. The Bertz CT molecular complexity index is 1890. The molecule has 1 saturated carbocycles.